The number of nitrogens with zero attached hydrogens (tertiary/aromatic N) is 4. The summed E-state index contributed by atoms with van der Waals surface area (Å²) in [5.74, 6) is 0.849. The largest absolute Gasteiger partial charge is 0.270 e. The molecular weight excluding hydrogens is 292 g/mol. The first-order chi connectivity index (χ1) is 10.6. The van der Waals surface area contributed by atoms with Crippen molar-refractivity contribution in [2.75, 3.05) is 6.26 Å². The van der Waals surface area contributed by atoms with E-state index in [1.165, 1.54) is 16.7 Å². The first kappa shape index (κ1) is 14.8. The van der Waals surface area contributed by atoms with E-state index in [1.54, 1.807) is 24.2 Å². The second-order valence-corrected chi connectivity index (χ2v) is 6.10. The van der Waals surface area contributed by atoms with Crippen LogP contribution in [-0.4, -0.2) is 26.0 Å². The van der Waals surface area contributed by atoms with Crippen LogP contribution in [-0.2, 0) is 0 Å². The Kier molecular flexibility index (Phi) is 3.98. The third-order valence-electron chi connectivity index (χ3n) is 3.61. The maximum Gasteiger partial charge on any atom is 0.195 e. The summed E-state index contributed by atoms with van der Waals surface area (Å²) in [5.41, 5.74) is 5.89. The highest BCUT2D eigenvalue weighted by molar-refractivity contribution is 7.98. The van der Waals surface area contributed by atoms with Crippen LogP contribution in [0.15, 0.2) is 41.8 Å². The number of pyridine rings is 1. The van der Waals surface area contributed by atoms with Crippen molar-refractivity contribution in [3.8, 4) is 17.1 Å². The molecule has 0 aliphatic rings. The zero-order chi connectivity index (χ0) is 15.7. The van der Waals surface area contributed by atoms with Crippen molar-refractivity contribution in [2.24, 2.45) is 0 Å². The van der Waals surface area contributed by atoms with Gasteiger partial charge in [-0.25, -0.2) is 0 Å². The number of aryl methyl sites for hydroxylation is 3. The Bertz CT molecular complexity index is 786. The lowest BCUT2D eigenvalue weighted by atomic mass is 10.0. The fourth-order valence-electron chi connectivity index (χ4n) is 2.82. The molecule has 4 nitrogen and oxygen atoms in total. The van der Waals surface area contributed by atoms with Crippen LogP contribution in [0.25, 0.3) is 17.1 Å². The Morgan fingerprint density at radius 2 is 1.59 bits per heavy atom. The van der Waals surface area contributed by atoms with Gasteiger partial charge in [-0.05, 0) is 50.3 Å². The lowest BCUT2D eigenvalue weighted by Gasteiger charge is -2.16. The maximum atomic E-state index is 4.40. The van der Waals surface area contributed by atoms with Gasteiger partial charge < -0.3 is 0 Å². The van der Waals surface area contributed by atoms with Crippen molar-refractivity contribution >= 4 is 11.8 Å². The molecule has 22 heavy (non-hydrogen) atoms. The Balaban J connectivity index is 2.29. The summed E-state index contributed by atoms with van der Waals surface area (Å²) >= 11 is 1.60. The van der Waals surface area contributed by atoms with Gasteiger partial charge in [0.05, 0.1) is 5.69 Å². The molecule has 0 fully saturated rings. The van der Waals surface area contributed by atoms with Crippen LogP contribution in [0.2, 0.25) is 0 Å². The molecule has 0 spiro atoms. The van der Waals surface area contributed by atoms with Gasteiger partial charge in [-0.3, -0.25) is 9.55 Å². The highest BCUT2D eigenvalue weighted by Crippen LogP contribution is 2.30. The van der Waals surface area contributed by atoms with E-state index in [-0.39, 0.29) is 0 Å². The molecule has 3 rings (SSSR count). The summed E-state index contributed by atoms with van der Waals surface area (Å²) in [5, 5.41) is 9.64. The third kappa shape index (κ3) is 2.52. The highest BCUT2D eigenvalue weighted by Gasteiger charge is 2.18. The maximum absolute atomic E-state index is 4.40. The fraction of sp³-hybridized carbons (Fsp3) is 0.235. The summed E-state index contributed by atoms with van der Waals surface area (Å²) < 4.78 is 2.14. The van der Waals surface area contributed by atoms with E-state index in [0.717, 1.165) is 22.2 Å². The van der Waals surface area contributed by atoms with E-state index >= 15 is 0 Å². The van der Waals surface area contributed by atoms with Crippen LogP contribution in [0.4, 0.5) is 0 Å². The molecule has 0 aliphatic carbocycles. The molecule has 112 valence electrons. The second-order valence-electron chi connectivity index (χ2n) is 5.33. The van der Waals surface area contributed by atoms with E-state index in [2.05, 4.69) is 52.7 Å². The molecule has 1 aromatic carbocycles. The zero-order valence-corrected chi connectivity index (χ0v) is 14.0. The van der Waals surface area contributed by atoms with Gasteiger partial charge in [0, 0.05) is 18.0 Å². The lowest BCUT2D eigenvalue weighted by molar-refractivity contribution is 0.876. The van der Waals surface area contributed by atoms with Gasteiger partial charge in [-0.1, -0.05) is 29.5 Å². The average molecular weight is 310 g/mol. The van der Waals surface area contributed by atoms with Crippen molar-refractivity contribution in [3.05, 3.63) is 53.3 Å². The Morgan fingerprint density at radius 1 is 0.955 bits per heavy atom. The van der Waals surface area contributed by atoms with Crippen LogP contribution >= 0.6 is 11.8 Å². The predicted molar refractivity (Wildman–Crippen MR) is 90.6 cm³/mol. The van der Waals surface area contributed by atoms with Crippen LogP contribution in [0.5, 0.6) is 0 Å². The molecule has 0 aliphatic heterocycles. The summed E-state index contributed by atoms with van der Waals surface area (Å²) in [6.07, 6.45) is 5.58. The smallest absolute Gasteiger partial charge is 0.195 e. The van der Waals surface area contributed by atoms with Gasteiger partial charge in [0.1, 0.15) is 0 Å². The number of hydrogen-bond acceptors (Lipinski definition) is 4. The lowest BCUT2D eigenvalue weighted by Crippen LogP contribution is -2.04. The Labute approximate surface area is 134 Å². The number of hydrogen-bond donors (Lipinski definition) is 0. The van der Waals surface area contributed by atoms with Gasteiger partial charge in [0.15, 0.2) is 11.0 Å². The predicted octanol–water partition coefficient (Wildman–Crippen LogP) is 3.98. The second kappa shape index (κ2) is 5.93. The molecule has 2 heterocycles. The molecule has 0 saturated heterocycles. The van der Waals surface area contributed by atoms with Crippen LogP contribution in [0, 0.1) is 20.8 Å². The molecule has 5 heteroatoms. The fourth-order valence-corrected chi connectivity index (χ4v) is 3.30. The van der Waals surface area contributed by atoms with E-state index < -0.39 is 0 Å². The van der Waals surface area contributed by atoms with Gasteiger partial charge in [0.25, 0.3) is 0 Å². The number of thioether (sulfide) groups is 1. The standard InChI is InChI=1S/C17H18N4S/c1-11-9-12(2)15(13(3)10-11)21-16(19-20-17(21)22-4)14-5-7-18-8-6-14/h5-10H,1-4H3. The van der Waals surface area contributed by atoms with Crippen LogP contribution in [0.3, 0.4) is 0 Å². The summed E-state index contributed by atoms with van der Waals surface area (Å²) in [6.45, 7) is 6.39. The minimum absolute atomic E-state index is 0.849. The molecule has 0 radical (unpaired) electrons. The van der Waals surface area contributed by atoms with E-state index in [1.807, 2.05) is 18.4 Å². The van der Waals surface area contributed by atoms with Gasteiger partial charge >= 0.3 is 0 Å². The number of rotatable bonds is 3. The molecule has 0 atom stereocenters. The number of benzene rings is 1. The Morgan fingerprint density at radius 3 is 2.18 bits per heavy atom. The third-order valence-corrected chi connectivity index (χ3v) is 4.24. The van der Waals surface area contributed by atoms with E-state index in [0.29, 0.717) is 0 Å². The normalized spacial score (nSPS) is 10.9. The van der Waals surface area contributed by atoms with Crippen molar-refractivity contribution in [3.63, 3.8) is 0 Å². The molecule has 2 aromatic heterocycles. The molecule has 0 amide bonds. The zero-order valence-electron chi connectivity index (χ0n) is 13.2. The molecule has 0 bridgehead atoms. The van der Waals surface area contributed by atoms with E-state index in [4.69, 9.17) is 0 Å². The van der Waals surface area contributed by atoms with E-state index in [9.17, 15) is 0 Å². The van der Waals surface area contributed by atoms with Gasteiger partial charge in [0.2, 0.25) is 0 Å². The molecule has 3 aromatic rings. The minimum Gasteiger partial charge on any atom is -0.270 e. The topological polar surface area (TPSA) is 43.6 Å². The summed E-state index contributed by atoms with van der Waals surface area (Å²) in [4.78, 5) is 4.08. The Hall–Kier alpha value is -2.14. The minimum atomic E-state index is 0.849. The number of aromatic nitrogens is 4. The summed E-state index contributed by atoms with van der Waals surface area (Å²) in [7, 11) is 0. The van der Waals surface area contributed by atoms with Gasteiger partial charge in [-0.15, -0.1) is 10.2 Å². The quantitative estimate of drug-likeness (QED) is 0.686. The highest BCUT2D eigenvalue weighted by atomic mass is 32.2. The SMILES string of the molecule is CSc1nnc(-c2ccncc2)n1-c1c(C)cc(C)cc1C. The van der Waals surface area contributed by atoms with Gasteiger partial charge in [-0.2, -0.15) is 0 Å². The molecule has 0 N–H and O–H groups in total. The van der Waals surface area contributed by atoms with Crippen LogP contribution in [0.1, 0.15) is 16.7 Å². The molecule has 0 saturated carbocycles. The van der Waals surface area contributed by atoms with Crippen LogP contribution < -0.4 is 0 Å². The molecule has 0 unspecified atom stereocenters. The summed E-state index contributed by atoms with van der Waals surface area (Å²) in [6, 6.07) is 8.32. The van der Waals surface area contributed by atoms with Crippen molar-refractivity contribution in [1.29, 1.82) is 0 Å². The van der Waals surface area contributed by atoms with Crippen molar-refractivity contribution in [1.82, 2.24) is 19.7 Å². The monoisotopic (exact) mass is 310 g/mol. The van der Waals surface area contributed by atoms with Crippen molar-refractivity contribution in [2.45, 2.75) is 25.9 Å². The van der Waals surface area contributed by atoms with Crippen molar-refractivity contribution < 1.29 is 0 Å². The first-order valence-electron chi connectivity index (χ1n) is 7.10. The molecular formula is C17H18N4S. The average Bonchev–Trinajstić information content (AvgIpc) is 2.91. The first-order valence-corrected chi connectivity index (χ1v) is 8.32.